The van der Waals surface area contributed by atoms with Crippen LogP contribution in [-0.2, 0) is 31.9 Å². The van der Waals surface area contributed by atoms with Gasteiger partial charge in [0, 0.05) is 11.1 Å². The van der Waals surface area contributed by atoms with Crippen LogP contribution in [0.4, 0.5) is 0 Å². The van der Waals surface area contributed by atoms with E-state index in [0.29, 0.717) is 13.2 Å². The van der Waals surface area contributed by atoms with Crippen molar-refractivity contribution in [1.82, 2.24) is 0 Å². The summed E-state index contributed by atoms with van der Waals surface area (Å²) in [5.41, 5.74) is 2.03. The van der Waals surface area contributed by atoms with Gasteiger partial charge in [0.05, 0.1) is 18.2 Å². The number of aliphatic imine (C=N–C) groups is 2. The van der Waals surface area contributed by atoms with Crippen LogP contribution in [0.25, 0.3) is 0 Å². The van der Waals surface area contributed by atoms with Gasteiger partial charge in [-0.15, -0.1) is 0 Å². The molecular weight excluding hydrogens is 374 g/mol. The second-order valence-corrected chi connectivity index (χ2v) is 3.87. The predicted molar refractivity (Wildman–Crippen MR) is 71.5 cm³/mol. The maximum atomic E-state index is 8.25. The molecule has 0 atom stereocenters. The first-order valence-electron chi connectivity index (χ1n) is 5.93. The molecule has 0 fully saturated rings. The quantitative estimate of drug-likeness (QED) is 0.428. The van der Waals surface area contributed by atoms with Gasteiger partial charge in [-0.25, -0.2) is 9.98 Å². The van der Waals surface area contributed by atoms with Crippen molar-refractivity contribution in [3.05, 3.63) is 50.7 Å². The van der Waals surface area contributed by atoms with Crippen LogP contribution in [0.5, 0.6) is 0 Å². The third kappa shape index (κ3) is 5.18. The molecule has 0 spiro atoms. The fourth-order valence-electron chi connectivity index (χ4n) is 1.77. The van der Waals surface area contributed by atoms with Crippen molar-refractivity contribution in [3.63, 3.8) is 0 Å². The van der Waals surface area contributed by atoms with E-state index in [1.165, 1.54) is 0 Å². The van der Waals surface area contributed by atoms with Crippen molar-refractivity contribution in [2.24, 2.45) is 9.98 Å². The first kappa shape index (κ1) is 17.2. The van der Waals surface area contributed by atoms with Crippen molar-refractivity contribution < 1.29 is 36.9 Å². The van der Waals surface area contributed by atoms with E-state index in [0.717, 1.165) is 36.0 Å². The van der Waals surface area contributed by atoms with Gasteiger partial charge in [0.1, 0.15) is 13.2 Å². The maximum Gasteiger partial charge on any atom is 1.00 e. The van der Waals surface area contributed by atoms with Crippen molar-refractivity contribution in [3.8, 4) is 0 Å². The summed E-state index contributed by atoms with van der Waals surface area (Å²) in [5, 5.41) is 14.8. The molecule has 0 unspecified atom stereocenters. The Hall–Kier alpha value is -1.90. The Labute approximate surface area is 136 Å². The summed E-state index contributed by atoms with van der Waals surface area (Å²) in [6, 6.07) is 7.96. The zero-order valence-electron chi connectivity index (χ0n) is 10.8. The fraction of sp³-hybridized carbons (Fsp3) is 0.333. The van der Waals surface area contributed by atoms with Crippen molar-refractivity contribution in [2.45, 2.75) is 0 Å². The van der Waals surface area contributed by atoms with Gasteiger partial charge in [0.15, 0.2) is 0 Å². The van der Waals surface area contributed by atoms with Gasteiger partial charge in [-0.3, -0.25) is 0 Å². The molecule has 0 aliphatic carbocycles. The average Bonchev–Trinajstić information content (AvgIpc) is 3.12. The predicted octanol–water partition coefficient (Wildman–Crippen LogP) is 0.999. The number of rotatable bonds is 2. The van der Waals surface area contributed by atoms with Gasteiger partial charge in [-0.2, -0.15) is 0 Å². The molecule has 0 radical (unpaired) electrons. The van der Waals surface area contributed by atoms with Crippen LogP contribution in [0.1, 0.15) is 11.1 Å². The number of ether oxygens (including phenoxy) is 2. The maximum absolute atomic E-state index is 8.25. The third-order valence-corrected chi connectivity index (χ3v) is 2.55. The molecule has 8 nitrogen and oxygen atoms in total. The normalized spacial score (nSPS) is 15.4. The van der Waals surface area contributed by atoms with E-state index in [1.54, 1.807) is 0 Å². The second-order valence-electron chi connectivity index (χ2n) is 3.87. The zero-order chi connectivity index (χ0) is 14.4. The summed E-state index contributed by atoms with van der Waals surface area (Å²) in [5.74, 6) is 1.47. The molecule has 0 saturated heterocycles. The molecule has 1 aromatic carbocycles. The smallest absolute Gasteiger partial charge is 0.476 e. The first-order chi connectivity index (χ1) is 9.66. The Balaban J connectivity index is 0.000000397. The largest absolute Gasteiger partial charge is 1.00 e. The molecule has 3 rings (SSSR count). The van der Waals surface area contributed by atoms with Crippen LogP contribution in [-0.4, -0.2) is 43.2 Å². The van der Waals surface area contributed by atoms with Gasteiger partial charge in [-0.1, -0.05) is 0 Å². The van der Waals surface area contributed by atoms with Crippen LogP contribution in [0.3, 0.4) is 0 Å². The molecule has 1 aromatic rings. The number of hydrogen-bond donors (Lipinski definition) is 0. The summed E-state index contributed by atoms with van der Waals surface area (Å²) in [6.07, 6.45) is 0. The number of benzene rings is 1. The zero-order valence-corrected chi connectivity index (χ0v) is 12.3. The van der Waals surface area contributed by atoms with Crippen LogP contribution < -0.4 is 0 Å². The topological polar surface area (TPSA) is 109 Å². The van der Waals surface area contributed by atoms with Crippen molar-refractivity contribution in [2.75, 3.05) is 26.3 Å². The summed E-state index contributed by atoms with van der Waals surface area (Å²) < 4.78 is 10.8. The van der Waals surface area contributed by atoms with E-state index in [9.17, 15) is 0 Å². The van der Waals surface area contributed by atoms with Crippen molar-refractivity contribution >= 4 is 11.8 Å². The first-order valence-corrected chi connectivity index (χ1v) is 5.93. The standard InChI is InChI=1S/C12H12N2O2.Ag.NO3/c1-2-10(12-14-6-8-16-12)4-3-9(1)11-13-5-7-15-11;;2-1(3)4/h1-4H,5-8H2;;/q;+1;-1. The minimum Gasteiger partial charge on any atom is -0.476 e. The average molecular weight is 386 g/mol. The van der Waals surface area contributed by atoms with Crippen LogP contribution >= 0.6 is 0 Å². The minimum atomic E-state index is -1.75. The molecule has 0 amide bonds. The molecule has 116 valence electrons. The molecule has 9 heteroatoms. The minimum absolute atomic E-state index is 0. The molecule has 0 bridgehead atoms. The van der Waals surface area contributed by atoms with E-state index in [4.69, 9.17) is 24.8 Å². The summed E-state index contributed by atoms with van der Waals surface area (Å²) in [7, 11) is 0. The molecule has 21 heavy (non-hydrogen) atoms. The summed E-state index contributed by atoms with van der Waals surface area (Å²) in [6.45, 7) is 2.89. The number of hydrogen-bond acceptors (Lipinski definition) is 7. The van der Waals surface area contributed by atoms with Gasteiger partial charge in [0.25, 0.3) is 0 Å². The second kappa shape index (κ2) is 8.40. The molecule has 0 N–H and O–H groups in total. The fourth-order valence-corrected chi connectivity index (χ4v) is 1.77. The Morgan fingerprint density at radius 3 is 1.48 bits per heavy atom. The molecular formula is C12H12AgN3O5. The molecule has 0 aromatic heterocycles. The van der Waals surface area contributed by atoms with Crippen LogP contribution in [0.15, 0.2) is 34.3 Å². The monoisotopic (exact) mass is 385 g/mol. The van der Waals surface area contributed by atoms with E-state index in [1.807, 2.05) is 24.3 Å². The third-order valence-electron chi connectivity index (χ3n) is 2.55. The molecule has 2 heterocycles. The van der Waals surface area contributed by atoms with Crippen molar-refractivity contribution in [1.29, 1.82) is 0 Å². The van der Waals surface area contributed by atoms with Gasteiger partial charge >= 0.3 is 22.4 Å². The number of nitrogens with zero attached hydrogens (tertiary/aromatic N) is 3. The van der Waals surface area contributed by atoms with E-state index in [2.05, 4.69) is 9.98 Å². The molecule has 2 aliphatic heterocycles. The molecule has 2 aliphatic rings. The Morgan fingerprint density at radius 2 is 1.24 bits per heavy atom. The van der Waals surface area contributed by atoms with Gasteiger partial charge in [-0.05, 0) is 24.3 Å². The van der Waals surface area contributed by atoms with Gasteiger partial charge in [0.2, 0.25) is 11.8 Å². The summed E-state index contributed by atoms with van der Waals surface area (Å²) >= 11 is 0. The Bertz CT molecular complexity index is 497. The molecule has 0 saturated carbocycles. The Kier molecular flexibility index (Phi) is 6.86. The SMILES string of the molecule is O=[N+]([O-])[O-].[Ag+].c1cc(C2=NCCO2)ccc1C1=NCCO1. The van der Waals surface area contributed by atoms with E-state index < -0.39 is 5.09 Å². The Morgan fingerprint density at radius 1 is 0.905 bits per heavy atom. The van der Waals surface area contributed by atoms with Gasteiger partial charge < -0.3 is 24.8 Å². The van der Waals surface area contributed by atoms with E-state index in [-0.39, 0.29) is 22.4 Å². The van der Waals surface area contributed by atoms with E-state index >= 15 is 0 Å². The van der Waals surface area contributed by atoms with Crippen LogP contribution in [0.2, 0.25) is 0 Å². The summed E-state index contributed by atoms with van der Waals surface area (Å²) in [4.78, 5) is 16.8. The van der Waals surface area contributed by atoms with Crippen LogP contribution in [0, 0.1) is 15.3 Å².